The summed E-state index contributed by atoms with van der Waals surface area (Å²) in [6, 6.07) is -1.01. The highest BCUT2D eigenvalue weighted by Crippen LogP contribution is 2.01. The predicted octanol–water partition coefficient (Wildman–Crippen LogP) is -0.575. The topological polar surface area (TPSA) is 80.4 Å². The number of hydrogen-bond acceptors (Lipinski definition) is 4. The van der Waals surface area contributed by atoms with Crippen LogP contribution < -0.4 is 5.73 Å². The van der Waals surface area contributed by atoms with E-state index in [1.807, 2.05) is 0 Å². The van der Waals surface area contributed by atoms with E-state index in [9.17, 15) is 9.00 Å². The SMILES string of the molecule is CSS(=O)C[C@H](N)C(=O)O. The van der Waals surface area contributed by atoms with Crippen LogP contribution in [0, 0.1) is 0 Å². The summed E-state index contributed by atoms with van der Waals surface area (Å²) in [7, 11) is -0.0674. The first-order valence-electron chi connectivity index (χ1n) is 2.49. The van der Waals surface area contributed by atoms with Gasteiger partial charge in [-0.2, -0.15) is 0 Å². The van der Waals surface area contributed by atoms with E-state index in [2.05, 4.69) is 0 Å². The van der Waals surface area contributed by atoms with Gasteiger partial charge >= 0.3 is 5.97 Å². The van der Waals surface area contributed by atoms with Crippen molar-refractivity contribution in [2.24, 2.45) is 5.73 Å². The molecular weight excluding hydrogens is 174 g/mol. The molecule has 60 valence electrons. The molecule has 0 heterocycles. The quantitative estimate of drug-likeness (QED) is 0.570. The minimum absolute atomic E-state index is 0.0104. The maximum absolute atomic E-state index is 10.7. The maximum Gasteiger partial charge on any atom is 0.321 e. The minimum atomic E-state index is -1.17. The standard InChI is InChI=1S/C4H9NO3S2/c1-9-10(8)2-3(5)4(6)7/h3H,2,5H2,1H3,(H,6,7)/t3-,10?/m0/s1. The molecule has 0 saturated carbocycles. The lowest BCUT2D eigenvalue weighted by molar-refractivity contribution is -0.137. The number of hydrogen-bond donors (Lipinski definition) is 2. The van der Waals surface area contributed by atoms with E-state index in [0.29, 0.717) is 0 Å². The predicted molar refractivity (Wildman–Crippen MR) is 42.1 cm³/mol. The third-order valence-corrected chi connectivity index (χ3v) is 3.35. The van der Waals surface area contributed by atoms with E-state index in [1.165, 1.54) is 0 Å². The van der Waals surface area contributed by atoms with E-state index in [1.54, 1.807) is 6.26 Å². The van der Waals surface area contributed by atoms with Crippen molar-refractivity contribution in [2.75, 3.05) is 12.0 Å². The van der Waals surface area contributed by atoms with Gasteiger partial charge in [0, 0.05) is 0 Å². The molecule has 0 bridgehead atoms. The number of carbonyl (C=O) groups is 1. The van der Waals surface area contributed by atoms with Gasteiger partial charge < -0.3 is 10.8 Å². The molecule has 0 saturated heterocycles. The summed E-state index contributed by atoms with van der Waals surface area (Å²) in [5, 5.41) is 8.26. The zero-order chi connectivity index (χ0) is 8.15. The molecule has 0 rings (SSSR count). The second-order valence-electron chi connectivity index (χ2n) is 1.58. The van der Waals surface area contributed by atoms with Crippen molar-refractivity contribution < 1.29 is 14.1 Å². The lowest BCUT2D eigenvalue weighted by atomic mass is 10.4. The number of rotatable bonds is 4. The Hall–Kier alpha value is -0.0700. The zero-order valence-corrected chi connectivity index (χ0v) is 7.08. The van der Waals surface area contributed by atoms with Gasteiger partial charge in [-0.25, -0.2) is 4.21 Å². The Morgan fingerprint density at radius 2 is 2.40 bits per heavy atom. The van der Waals surface area contributed by atoms with Gasteiger partial charge in [-0.05, 0) is 6.26 Å². The lowest BCUT2D eigenvalue weighted by Crippen LogP contribution is -2.34. The number of nitrogens with two attached hydrogens (primary N) is 1. The first kappa shape index (κ1) is 9.93. The smallest absolute Gasteiger partial charge is 0.321 e. The van der Waals surface area contributed by atoms with Crippen molar-refractivity contribution in [1.29, 1.82) is 0 Å². The Bertz CT molecular complexity index is 149. The molecule has 0 amide bonds. The van der Waals surface area contributed by atoms with E-state index in [0.717, 1.165) is 10.8 Å². The van der Waals surface area contributed by atoms with E-state index < -0.39 is 21.8 Å². The molecule has 0 aliphatic rings. The van der Waals surface area contributed by atoms with Gasteiger partial charge in [0.2, 0.25) is 0 Å². The molecule has 0 aromatic heterocycles. The fourth-order valence-electron chi connectivity index (χ4n) is 0.286. The summed E-state index contributed by atoms with van der Waals surface area (Å²) in [5.74, 6) is -1.10. The normalized spacial score (nSPS) is 16.2. The molecule has 0 aliphatic carbocycles. The Kier molecular flexibility index (Phi) is 4.67. The largest absolute Gasteiger partial charge is 0.480 e. The molecule has 0 spiro atoms. The van der Waals surface area contributed by atoms with Gasteiger partial charge in [-0.15, -0.1) is 0 Å². The molecule has 2 atom stereocenters. The lowest BCUT2D eigenvalue weighted by Gasteiger charge is -2.02. The van der Waals surface area contributed by atoms with E-state index in [4.69, 9.17) is 10.8 Å². The first-order valence-corrected chi connectivity index (χ1v) is 5.55. The average Bonchev–Trinajstić information content (AvgIpc) is 1.87. The summed E-state index contributed by atoms with van der Waals surface area (Å²) in [6.45, 7) is 0. The number of carboxylic acid groups (broad SMARTS) is 1. The third kappa shape index (κ3) is 3.86. The van der Waals surface area contributed by atoms with Crippen molar-refractivity contribution in [3.05, 3.63) is 0 Å². The van der Waals surface area contributed by atoms with E-state index >= 15 is 0 Å². The van der Waals surface area contributed by atoms with Crippen LogP contribution in [0.5, 0.6) is 0 Å². The highest BCUT2D eigenvalue weighted by Gasteiger charge is 2.13. The van der Waals surface area contributed by atoms with Crippen LogP contribution in [0.15, 0.2) is 0 Å². The van der Waals surface area contributed by atoms with Crippen molar-refractivity contribution in [1.82, 2.24) is 0 Å². The van der Waals surface area contributed by atoms with E-state index in [-0.39, 0.29) is 5.75 Å². The van der Waals surface area contributed by atoms with Crippen LogP contribution in [0.4, 0.5) is 0 Å². The van der Waals surface area contributed by atoms with Crippen LogP contribution in [0.1, 0.15) is 0 Å². The molecule has 3 N–H and O–H groups in total. The van der Waals surface area contributed by atoms with Gasteiger partial charge in [-0.1, -0.05) is 10.8 Å². The molecule has 1 unspecified atom stereocenters. The van der Waals surface area contributed by atoms with Crippen LogP contribution in [0.25, 0.3) is 0 Å². The number of aliphatic carboxylic acids is 1. The van der Waals surface area contributed by atoms with Gasteiger partial charge in [0.25, 0.3) is 0 Å². The molecule has 10 heavy (non-hydrogen) atoms. The molecule has 0 aromatic carbocycles. The zero-order valence-electron chi connectivity index (χ0n) is 5.44. The fourth-order valence-corrected chi connectivity index (χ4v) is 1.71. The Balaban J connectivity index is 3.68. The second kappa shape index (κ2) is 4.70. The second-order valence-corrected chi connectivity index (χ2v) is 4.97. The number of carboxylic acids is 1. The summed E-state index contributed by atoms with van der Waals surface area (Å²) in [4.78, 5) is 10.1. The van der Waals surface area contributed by atoms with Crippen LogP contribution in [-0.2, 0) is 14.6 Å². The van der Waals surface area contributed by atoms with Gasteiger partial charge in [0.1, 0.15) is 6.04 Å². The first-order chi connectivity index (χ1) is 4.57. The van der Waals surface area contributed by atoms with Crippen LogP contribution >= 0.6 is 10.8 Å². The highest BCUT2D eigenvalue weighted by atomic mass is 33.1. The third-order valence-electron chi connectivity index (χ3n) is 0.819. The van der Waals surface area contributed by atoms with Crippen LogP contribution in [0.2, 0.25) is 0 Å². The Morgan fingerprint density at radius 3 is 2.70 bits per heavy atom. The maximum atomic E-state index is 10.7. The monoisotopic (exact) mass is 183 g/mol. The Morgan fingerprint density at radius 1 is 1.90 bits per heavy atom. The Labute approximate surface area is 65.0 Å². The molecule has 4 nitrogen and oxygen atoms in total. The molecule has 0 aromatic rings. The van der Waals surface area contributed by atoms with Gasteiger partial charge in [0.05, 0.1) is 15.6 Å². The van der Waals surface area contributed by atoms with Crippen molar-refractivity contribution in [3.8, 4) is 0 Å². The van der Waals surface area contributed by atoms with Crippen LogP contribution in [0.3, 0.4) is 0 Å². The molecular formula is C4H9NO3S2. The van der Waals surface area contributed by atoms with Crippen LogP contribution in [-0.4, -0.2) is 33.3 Å². The molecule has 0 fully saturated rings. The summed E-state index contributed by atoms with van der Waals surface area (Å²) in [6.07, 6.45) is 1.64. The van der Waals surface area contributed by atoms with Gasteiger partial charge in [-0.3, -0.25) is 4.79 Å². The van der Waals surface area contributed by atoms with Crippen molar-refractivity contribution in [2.45, 2.75) is 6.04 Å². The van der Waals surface area contributed by atoms with Crippen molar-refractivity contribution in [3.63, 3.8) is 0 Å². The average molecular weight is 183 g/mol. The highest BCUT2D eigenvalue weighted by molar-refractivity contribution is 8.68. The van der Waals surface area contributed by atoms with Crippen molar-refractivity contribution >= 4 is 26.6 Å². The molecule has 6 heteroatoms. The summed E-state index contributed by atoms with van der Waals surface area (Å²) >= 11 is 0. The molecule has 0 radical (unpaired) electrons. The summed E-state index contributed by atoms with van der Waals surface area (Å²) < 4.78 is 10.7. The van der Waals surface area contributed by atoms with Gasteiger partial charge in [0.15, 0.2) is 0 Å². The molecule has 0 aliphatic heterocycles. The minimum Gasteiger partial charge on any atom is -0.480 e. The summed E-state index contributed by atoms with van der Waals surface area (Å²) in [5.41, 5.74) is 5.09. The fraction of sp³-hybridized carbons (Fsp3) is 0.750.